The van der Waals surface area contributed by atoms with E-state index in [1.807, 2.05) is 142 Å². The van der Waals surface area contributed by atoms with Crippen molar-refractivity contribution in [1.82, 2.24) is 14.0 Å². The quantitative estimate of drug-likeness (QED) is 0.0782. The van der Waals surface area contributed by atoms with Gasteiger partial charge in [-0.1, -0.05) is 97.1 Å². The van der Waals surface area contributed by atoms with E-state index < -0.39 is 47.1 Å². The molecule has 1 aliphatic heterocycles. The van der Waals surface area contributed by atoms with Gasteiger partial charge in [-0.3, -0.25) is 0 Å². The molecule has 11 rings (SSSR count). The second-order valence-corrected chi connectivity index (χ2v) is 21.1. The molecule has 0 bridgehead atoms. The van der Waals surface area contributed by atoms with Crippen molar-refractivity contribution in [2.24, 2.45) is 0 Å². The molecule has 2 unspecified atom stereocenters. The molecular formula is C68H59F2N3O8. The maximum absolute atomic E-state index is 15.3. The summed E-state index contributed by atoms with van der Waals surface area (Å²) < 4.78 is 65.1. The number of carbonyl (C=O) groups excluding carboxylic acids is 3. The SMILES string of the molecule is COC(=O)c1ccc(-c2c(C3CCN(C(=O)OC(C)(C)C)CC3c3c(-c4ccc(C(=O)OC)cc4)c4c(OCc5ccccc5)cccc4n3-c3ccc(F)cc3)n(-c3ccc(F)cc3)c3cccc(OCc4ccccc4)c23)cc1. The fraction of sp³-hybridized carbons (Fsp3) is 0.191. The Kier molecular flexibility index (Phi) is 15.0. The highest BCUT2D eigenvalue weighted by Gasteiger charge is 2.43. The Balaban J connectivity index is 1.26. The molecule has 2 aromatic heterocycles. The lowest BCUT2D eigenvalue weighted by Crippen LogP contribution is -2.45. The monoisotopic (exact) mass is 1080 g/mol. The first kappa shape index (κ1) is 53.5. The number of fused-ring (bicyclic) bond motifs is 2. The average molecular weight is 1080 g/mol. The van der Waals surface area contributed by atoms with Crippen LogP contribution in [-0.4, -0.2) is 65.0 Å². The summed E-state index contributed by atoms with van der Waals surface area (Å²) in [7, 11) is 2.68. The van der Waals surface area contributed by atoms with Crippen LogP contribution < -0.4 is 9.47 Å². The standard InChI is InChI=1S/C68H59F2N3O8/c1-68(2,3)81-67(76)71-39-38-53(63-59(45-22-26-47(27-23-45)65(74)77-4)61-55(72(63)51-34-30-49(69)31-35-51)18-12-20-57(61)79-41-43-14-8-6-9-15-43)54(40-71)64-60(46-24-28-48(29-25-46)66(75)78-5)62-56(73(64)52-36-32-50(70)33-37-52)19-13-21-58(62)80-42-44-16-10-7-11-17-44/h6-37,53-54H,38-42H2,1-5H3. The normalized spacial score (nSPS) is 14.4. The van der Waals surface area contributed by atoms with Gasteiger partial charge in [-0.25, -0.2) is 23.2 Å². The first-order chi connectivity index (χ1) is 39.3. The zero-order valence-corrected chi connectivity index (χ0v) is 45.5. The fourth-order valence-corrected chi connectivity index (χ4v) is 11.2. The predicted molar refractivity (Wildman–Crippen MR) is 309 cm³/mol. The van der Waals surface area contributed by atoms with Gasteiger partial charge in [0.25, 0.3) is 0 Å². The van der Waals surface area contributed by atoms with Crippen LogP contribution in [0.4, 0.5) is 13.6 Å². The lowest BCUT2D eigenvalue weighted by atomic mass is 9.76. The molecule has 2 atom stereocenters. The van der Waals surface area contributed by atoms with Crippen LogP contribution in [0.5, 0.6) is 11.5 Å². The Bertz CT molecular complexity index is 3910. The number of carbonyl (C=O) groups is 3. The van der Waals surface area contributed by atoms with Gasteiger partial charge in [-0.2, -0.15) is 0 Å². The zero-order chi connectivity index (χ0) is 56.4. The van der Waals surface area contributed by atoms with Gasteiger partial charge >= 0.3 is 18.0 Å². The van der Waals surface area contributed by atoms with Gasteiger partial charge in [0.15, 0.2) is 0 Å². The highest BCUT2D eigenvalue weighted by molar-refractivity contribution is 6.06. The molecule has 1 aliphatic rings. The van der Waals surface area contributed by atoms with Crippen molar-refractivity contribution in [3.05, 3.63) is 239 Å². The number of likely N-dealkylation sites (tertiary alicyclic amines) is 1. The first-order valence-corrected chi connectivity index (χ1v) is 26.8. The van der Waals surface area contributed by atoms with Crippen molar-refractivity contribution < 1.29 is 46.8 Å². The number of benzene rings is 8. The summed E-state index contributed by atoms with van der Waals surface area (Å²) in [5.74, 6) is -1.85. The number of aromatic nitrogens is 2. The van der Waals surface area contributed by atoms with Gasteiger partial charge in [0.1, 0.15) is 41.9 Å². The molecule has 0 saturated carbocycles. The molecule has 0 N–H and O–H groups in total. The number of methoxy groups -OCH3 is 2. The van der Waals surface area contributed by atoms with E-state index in [1.165, 1.54) is 38.5 Å². The Morgan fingerprint density at radius 1 is 0.506 bits per heavy atom. The Morgan fingerprint density at radius 3 is 1.33 bits per heavy atom. The number of halogens is 2. The minimum Gasteiger partial charge on any atom is -0.488 e. The van der Waals surface area contributed by atoms with E-state index >= 15 is 8.78 Å². The van der Waals surface area contributed by atoms with Gasteiger partial charge in [-0.15, -0.1) is 0 Å². The Morgan fingerprint density at radius 2 is 0.926 bits per heavy atom. The van der Waals surface area contributed by atoms with E-state index in [9.17, 15) is 14.4 Å². The maximum Gasteiger partial charge on any atom is 0.410 e. The second-order valence-electron chi connectivity index (χ2n) is 21.1. The molecule has 0 aliphatic carbocycles. The van der Waals surface area contributed by atoms with Crippen molar-refractivity contribution in [1.29, 1.82) is 0 Å². The molecular weight excluding hydrogens is 1020 g/mol. The summed E-state index contributed by atoms with van der Waals surface area (Å²) in [6, 6.07) is 58.8. The number of rotatable bonds is 14. The van der Waals surface area contributed by atoms with Crippen LogP contribution in [0.3, 0.4) is 0 Å². The van der Waals surface area contributed by atoms with Crippen LogP contribution in [0.25, 0.3) is 55.4 Å². The molecule has 3 heterocycles. The van der Waals surface area contributed by atoms with Gasteiger partial charge in [0.05, 0.1) is 47.2 Å². The third-order valence-corrected chi connectivity index (χ3v) is 14.8. The van der Waals surface area contributed by atoms with E-state index in [2.05, 4.69) is 9.13 Å². The molecule has 1 saturated heterocycles. The zero-order valence-electron chi connectivity index (χ0n) is 45.5. The van der Waals surface area contributed by atoms with Crippen molar-refractivity contribution in [3.63, 3.8) is 0 Å². The largest absolute Gasteiger partial charge is 0.488 e. The van der Waals surface area contributed by atoms with E-state index in [0.29, 0.717) is 40.4 Å². The van der Waals surface area contributed by atoms with Gasteiger partial charge in [0.2, 0.25) is 0 Å². The van der Waals surface area contributed by atoms with Crippen LogP contribution in [-0.2, 0) is 27.4 Å². The third kappa shape index (κ3) is 10.9. The molecule has 0 spiro atoms. The third-order valence-electron chi connectivity index (χ3n) is 14.8. The molecule has 81 heavy (non-hydrogen) atoms. The van der Waals surface area contributed by atoms with Crippen molar-refractivity contribution >= 4 is 39.8 Å². The Labute approximate surface area is 468 Å². The fourth-order valence-electron chi connectivity index (χ4n) is 11.2. The highest BCUT2D eigenvalue weighted by Crippen LogP contribution is 2.54. The average Bonchev–Trinajstić information content (AvgIpc) is 3.42. The molecule has 11 nitrogen and oxygen atoms in total. The lowest BCUT2D eigenvalue weighted by Gasteiger charge is -2.41. The van der Waals surface area contributed by atoms with Gasteiger partial charge in [0, 0.05) is 58.8 Å². The van der Waals surface area contributed by atoms with Gasteiger partial charge in [-0.05, 0) is 147 Å². The number of nitrogens with zero attached hydrogens (tertiary/aromatic N) is 3. The number of amides is 1. The summed E-state index contributed by atoms with van der Waals surface area (Å²) in [5, 5.41) is 1.50. The van der Waals surface area contributed by atoms with Crippen LogP contribution in [0.15, 0.2) is 194 Å². The summed E-state index contributed by atoms with van der Waals surface area (Å²) >= 11 is 0. The van der Waals surface area contributed by atoms with Crippen molar-refractivity contribution in [2.45, 2.75) is 57.8 Å². The molecule has 1 amide bonds. The smallest absolute Gasteiger partial charge is 0.410 e. The maximum atomic E-state index is 15.3. The number of esters is 2. The predicted octanol–water partition coefficient (Wildman–Crippen LogP) is 15.4. The minimum atomic E-state index is -0.835. The summed E-state index contributed by atoms with van der Waals surface area (Å²) in [4.78, 5) is 42.7. The molecule has 10 aromatic rings. The van der Waals surface area contributed by atoms with E-state index in [-0.39, 0.29) is 26.3 Å². The first-order valence-electron chi connectivity index (χ1n) is 26.8. The van der Waals surface area contributed by atoms with Gasteiger partial charge < -0.3 is 37.7 Å². The van der Waals surface area contributed by atoms with Crippen molar-refractivity contribution in [2.75, 3.05) is 27.3 Å². The van der Waals surface area contributed by atoms with Crippen LogP contribution >= 0.6 is 0 Å². The lowest BCUT2D eigenvalue weighted by molar-refractivity contribution is 0.0180. The molecule has 0 radical (unpaired) electrons. The molecule has 1 fully saturated rings. The Hall–Kier alpha value is -9.49. The number of hydrogen-bond acceptors (Lipinski definition) is 8. The highest BCUT2D eigenvalue weighted by atomic mass is 19.1. The number of ether oxygens (including phenoxy) is 5. The van der Waals surface area contributed by atoms with Crippen molar-refractivity contribution in [3.8, 4) is 45.1 Å². The van der Waals surface area contributed by atoms with E-state index in [1.54, 1.807) is 53.4 Å². The number of piperidine rings is 1. The van der Waals surface area contributed by atoms with Crippen LogP contribution in [0.1, 0.15) is 82.3 Å². The summed E-state index contributed by atoms with van der Waals surface area (Å²) in [6.45, 7) is 6.39. The molecule has 408 valence electrons. The summed E-state index contributed by atoms with van der Waals surface area (Å²) in [6.07, 6.45) is -0.127. The van der Waals surface area contributed by atoms with Crippen LogP contribution in [0, 0.1) is 11.6 Å². The summed E-state index contributed by atoms with van der Waals surface area (Å²) in [5.41, 5.74) is 9.13. The molecule has 13 heteroatoms. The second kappa shape index (κ2) is 22.7. The van der Waals surface area contributed by atoms with E-state index in [4.69, 9.17) is 23.7 Å². The van der Waals surface area contributed by atoms with Crippen LogP contribution in [0.2, 0.25) is 0 Å². The minimum absolute atomic E-state index is 0.119. The topological polar surface area (TPSA) is 110 Å². The molecule has 8 aromatic carbocycles. The van der Waals surface area contributed by atoms with E-state index in [0.717, 1.165) is 66.6 Å². The number of hydrogen-bond donors (Lipinski definition) is 0.